The van der Waals surface area contributed by atoms with E-state index in [2.05, 4.69) is 15.3 Å². The number of para-hydroxylation sites is 1. The van der Waals surface area contributed by atoms with E-state index in [1.54, 1.807) is 39.6 Å². The van der Waals surface area contributed by atoms with Crippen LogP contribution in [-0.2, 0) is 0 Å². The number of nitrogens with zero attached hydrogens (tertiary/aromatic N) is 2. The van der Waals surface area contributed by atoms with Crippen molar-refractivity contribution in [1.29, 1.82) is 0 Å². The first-order chi connectivity index (χ1) is 9.28. The predicted molar refractivity (Wildman–Crippen MR) is 71.2 cm³/mol. The fourth-order valence-electron chi connectivity index (χ4n) is 1.54. The lowest BCUT2D eigenvalue weighted by atomic mass is 10.3. The molecule has 2 rings (SSSR count). The number of rotatable bonds is 5. The second-order valence-corrected chi connectivity index (χ2v) is 3.59. The maximum atomic E-state index is 5.70. The van der Waals surface area contributed by atoms with Crippen LogP contribution >= 0.6 is 0 Å². The molecule has 0 aliphatic carbocycles. The SMILES string of the molecule is CNc1cncc(Oc2c(OC)cccc2OC)n1. The van der Waals surface area contributed by atoms with Gasteiger partial charge in [0.15, 0.2) is 11.5 Å². The first-order valence-electron chi connectivity index (χ1n) is 5.67. The van der Waals surface area contributed by atoms with Gasteiger partial charge in [-0.05, 0) is 12.1 Å². The largest absolute Gasteiger partial charge is 0.493 e. The van der Waals surface area contributed by atoms with E-state index < -0.39 is 0 Å². The van der Waals surface area contributed by atoms with Gasteiger partial charge >= 0.3 is 0 Å². The smallest absolute Gasteiger partial charge is 0.240 e. The molecule has 0 spiro atoms. The summed E-state index contributed by atoms with van der Waals surface area (Å²) in [6, 6.07) is 5.39. The van der Waals surface area contributed by atoms with Crippen LogP contribution in [0.2, 0.25) is 0 Å². The molecule has 1 aromatic carbocycles. The Balaban J connectivity index is 2.36. The summed E-state index contributed by atoms with van der Waals surface area (Å²) in [5.74, 6) is 2.57. The van der Waals surface area contributed by atoms with Gasteiger partial charge in [-0.2, -0.15) is 4.98 Å². The van der Waals surface area contributed by atoms with Gasteiger partial charge in [-0.25, -0.2) is 0 Å². The number of benzene rings is 1. The molecule has 6 heteroatoms. The Morgan fingerprint density at radius 2 is 1.74 bits per heavy atom. The average Bonchev–Trinajstić information content (AvgIpc) is 2.47. The lowest BCUT2D eigenvalue weighted by molar-refractivity contribution is 0.341. The Morgan fingerprint density at radius 1 is 1.05 bits per heavy atom. The van der Waals surface area contributed by atoms with Crippen LogP contribution in [0, 0.1) is 0 Å². The fourth-order valence-corrected chi connectivity index (χ4v) is 1.54. The third-order valence-corrected chi connectivity index (χ3v) is 2.46. The van der Waals surface area contributed by atoms with Crippen LogP contribution in [0.4, 0.5) is 5.82 Å². The molecule has 0 aliphatic rings. The van der Waals surface area contributed by atoms with E-state index in [-0.39, 0.29) is 0 Å². The van der Waals surface area contributed by atoms with E-state index in [4.69, 9.17) is 14.2 Å². The number of nitrogens with one attached hydrogen (secondary N) is 1. The quantitative estimate of drug-likeness (QED) is 0.891. The van der Waals surface area contributed by atoms with Gasteiger partial charge in [-0.3, -0.25) is 4.98 Å². The average molecular weight is 261 g/mol. The van der Waals surface area contributed by atoms with Gasteiger partial charge in [0, 0.05) is 7.05 Å². The zero-order chi connectivity index (χ0) is 13.7. The van der Waals surface area contributed by atoms with E-state index in [9.17, 15) is 0 Å². The summed E-state index contributed by atoms with van der Waals surface area (Å²) in [6.07, 6.45) is 3.12. The minimum absolute atomic E-state index is 0.356. The highest BCUT2D eigenvalue weighted by Gasteiger charge is 2.13. The molecular formula is C13H15N3O3. The molecule has 100 valence electrons. The van der Waals surface area contributed by atoms with Gasteiger partial charge < -0.3 is 19.5 Å². The maximum Gasteiger partial charge on any atom is 0.240 e. The van der Waals surface area contributed by atoms with E-state index in [0.29, 0.717) is 28.9 Å². The van der Waals surface area contributed by atoms with Crippen LogP contribution in [0.15, 0.2) is 30.6 Å². The highest BCUT2D eigenvalue weighted by Crippen LogP contribution is 2.39. The summed E-state index contributed by atoms with van der Waals surface area (Å²) in [6.45, 7) is 0. The van der Waals surface area contributed by atoms with Crippen LogP contribution in [0.5, 0.6) is 23.1 Å². The van der Waals surface area contributed by atoms with Gasteiger partial charge in [-0.1, -0.05) is 6.07 Å². The standard InChI is InChI=1S/C13H15N3O3/c1-14-11-7-15-8-12(16-11)19-13-9(17-2)5-4-6-10(13)18-3/h4-8H,1-3H3,(H,14,16). The minimum Gasteiger partial charge on any atom is -0.493 e. The van der Waals surface area contributed by atoms with Crippen molar-refractivity contribution in [1.82, 2.24) is 9.97 Å². The van der Waals surface area contributed by atoms with E-state index in [1.165, 1.54) is 6.20 Å². The fraction of sp³-hybridized carbons (Fsp3) is 0.231. The molecule has 0 amide bonds. The van der Waals surface area contributed by atoms with Crippen molar-refractivity contribution in [2.24, 2.45) is 0 Å². The molecule has 0 saturated heterocycles. The number of anilines is 1. The van der Waals surface area contributed by atoms with Crippen molar-refractivity contribution < 1.29 is 14.2 Å². The zero-order valence-corrected chi connectivity index (χ0v) is 11.0. The number of methoxy groups -OCH3 is 2. The second-order valence-electron chi connectivity index (χ2n) is 3.59. The molecule has 1 heterocycles. The molecule has 0 aliphatic heterocycles. The van der Waals surface area contributed by atoms with Gasteiger partial charge in [-0.15, -0.1) is 0 Å². The molecule has 6 nitrogen and oxygen atoms in total. The Morgan fingerprint density at radius 3 is 2.32 bits per heavy atom. The summed E-state index contributed by atoms with van der Waals surface area (Å²) >= 11 is 0. The van der Waals surface area contributed by atoms with Gasteiger partial charge in [0.25, 0.3) is 0 Å². The number of hydrogen-bond acceptors (Lipinski definition) is 6. The van der Waals surface area contributed by atoms with Crippen LogP contribution in [-0.4, -0.2) is 31.2 Å². The lowest BCUT2D eigenvalue weighted by Gasteiger charge is -2.13. The van der Waals surface area contributed by atoms with Gasteiger partial charge in [0.1, 0.15) is 5.82 Å². The molecule has 0 fully saturated rings. The number of ether oxygens (including phenoxy) is 3. The van der Waals surface area contributed by atoms with Crippen molar-refractivity contribution in [3.8, 4) is 23.1 Å². The predicted octanol–water partition coefficient (Wildman–Crippen LogP) is 2.33. The van der Waals surface area contributed by atoms with E-state index in [0.717, 1.165) is 0 Å². The van der Waals surface area contributed by atoms with Crippen molar-refractivity contribution >= 4 is 5.82 Å². The van der Waals surface area contributed by atoms with Gasteiger partial charge in [0.2, 0.25) is 11.6 Å². The molecule has 1 N–H and O–H groups in total. The Bertz CT molecular complexity index is 538. The van der Waals surface area contributed by atoms with Crippen LogP contribution in [0.3, 0.4) is 0 Å². The molecule has 0 bridgehead atoms. The molecule has 19 heavy (non-hydrogen) atoms. The van der Waals surface area contributed by atoms with Crippen LogP contribution in [0.1, 0.15) is 0 Å². The molecule has 0 radical (unpaired) electrons. The third kappa shape index (κ3) is 2.85. The molecule has 1 aromatic heterocycles. The molecule has 2 aromatic rings. The molecular weight excluding hydrogens is 246 g/mol. The van der Waals surface area contributed by atoms with Gasteiger partial charge in [0.05, 0.1) is 26.6 Å². The summed E-state index contributed by atoms with van der Waals surface area (Å²) in [5.41, 5.74) is 0. The summed E-state index contributed by atoms with van der Waals surface area (Å²) in [7, 11) is 4.89. The normalized spacial score (nSPS) is 9.84. The topological polar surface area (TPSA) is 65.5 Å². The Labute approximate surface area is 111 Å². The highest BCUT2D eigenvalue weighted by atomic mass is 16.5. The zero-order valence-electron chi connectivity index (χ0n) is 11.0. The highest BCUT2D eigenvalue weighted by molar-refractivity contribution is 5.52. The summed E-state index contributed by atoms with van der Waals surface area (Å²) in [4.78, 5) is 8.26. The summed E-state index contributed by atoms with van der Waals surface area (Å²) in [5, 5.41) is 2.89. The summed E-state index contributed by atoms with van der Waals surface area (Å²) < 4.78 is 16.2. The Hall–Kier alpha value is -2.50. The first kappa shape index (κ1) is 12.9. The van der Waals surface area contributed by atoms with Crippen molar-refractivity contribution in [2.45, 2.75) is 0 Å². The third-order valence-electron chi connectivity index (χ3n) is 2.46. The monoisotopic (exact) mass is 261 g/mol. The van der Waals surface area contributed by atoms with Crippen LogP contribution in [0.25, 0.3) is 0 Å². The molecule has 0 saturated carbocycles. The van der Waals surface area contributed by atoms with E-state index in [1.807, 2.05) is 6.07 Å². The second kappa shape index (κ2) is 5.90. The first-order valence-corrected chi connectivity index (χ1v) is 5.67. The lowest BCUT2D eigenvalue weighted by Crippen LogP contribution is -1.98. The van der Waals surface area contributed by atoms with Crippen molar-refractivity contribution in [3.05, 3.63) is 30.6 Å². The van der Waals surface area contributed by atoms with Crippen molar-refractivity contribution in [3.63, 3.8) is 0 Å². The number of aromatic nitrogens is 2. The van der Waals surface area contributed by atoms with Crippen LogP contribution < -0.4 is 19.5 Å². The molecule has 0 atom stereocenters. The molecule has 0 unspecified atom stereocenters. The Kier molecular flexibility index (Phi) is 4.02. The minimum atomic E-state index is 0.356. The van der Waals surface area contributed by atoms with E-state index >= 15 is 0 Å². The number of hydrogen-bond donors (Lipinski definition) is 1. The van der Waals surface area contributed by atoms with Crippen molar-refractivity contribution in [2.75, 3.05) is 26.6 Å². The maximum absolute atomic E-state index is 5.70.